The molecule has 1 aromatic heterocycles. The number of fused-ring (bicyclic) bond motifs is 1. The number of likely N-dealkylation sites (tertiary alicyclic amines) is 1. The lowest BCUT2D eigenvalue weighted by molar-refractivity contribution is 0.0775. The summed E-state index contributed by atoms with van der Waals surface area (Å²) in [4.78, 5) is 18.3. The van der Waals surface area contributed by atoms with Gasteiger partial charge >= 0.3 is 0 Å². The summed E-state index contributed by atoms with van der Waals surface area (Å²) in [5, 5.41) is 0.572. The Hall–Kier alpha value is -1.09. The van der Waals surface area contributed by atoms with E-state index in [1.807, 2.05) is 4.90 Å². The van der Waals surface area contributed by atoms with Crippen molar-refractivity contribution in [3.05, 3.63) is 29.0 Å². The molecule has 1 aliphatic carbocycles. The number of amides is 1. The third-order valence-electron chi connectivity index (χ3n) is 3.95. The van der Waals surface area contributed by atoms with Gasteiger partial charge in [-0.1, -0.05) is 18.0 Å². The summed E-state index contributed by atoms with van der Waals surface area (Å²) in [6.07, 6.45) is 5.47. The average Bonchev–Trinajstić information content (AvgIpc) is 2.88. The van der Waals surface area contributed by atoms with Gasteiger partial charge in [-0.25, -0.2) is 0 Å². The quantitative estimate of drug-likeness (QED) is 0.768. The molecule has 1 amide bonds. The molecule has 2 aliphatic rings. The number of nitrogens with zero attached hydrogens (tertiary/aromatic N) is 2. The van der Waals surface area contributed by atoms with Gasteiger partial charge in [0.15, 0.2) is 0 Å². The molecule has 2 heterocycles. The minimum atomic E-state index is 0.0295. The van der Waals surface area contributed by atoms with Crippen LogP contribution in [0.15, 0.2) is 18.3 Å². The normalized spacial score (nSPS) is 27.2. The SMILES string of the molecule is O=C(c1cc(Cl)ccn1)N1CC2CCCC2C1. The first-order chi connectivity index (χ1) is 8.24. The van der Waals surface area contributed by atoms with Crippen molar-refractivity contribution in [3.63, 3.8) is 0 Å². The van der Waals surface area contributed by atoms with Crippen molar-refractivity contribution in [1.82, 2.24) is 9.88 Å². The molecule has 1 aromatic rings. The predicted octanol–water partition coefficient (Wildman–Crippen LogP) is 2.61. The zero-order chi connectivity index (χ0) is 11.8. The first-order valence-electron chi connectivity index (χ1n) is 6.15. The Balaban J connectivity index is 1.75. The number of hydrogen-bond donors (Lipinski definition) is 0. The van der Waals surface area contributed by atoms with Crippen molar-refractivity contribution in [2.24, 2.45) is 11.8 Å². The van der Waals surface area contributed by atoms with E-state index >= 15 is 0 Å². The van der Waals surface area contributed by atoms with E-state index in [2.05, 4.69) is 4.98 Å². The van der Waals surface area contributed by atoms with Gasteiger partial charge in [-0.2, -0.15) is 0 Å². The Labute approximate surface area is 106 Å². The number of rotatable bonds is 1. The third kappa shape index (κ3) is 2.04. The molecule has 0 bridgehead atoms. The molecule has 0 spiro atoms. The largest absolute Gasteiger partial charge is 0.337 e. The van der Waals surface area contributed by atoms with Crippen molar-refractivity contribution in [2.45, 2.75) is 19.3 Å². The van der Waals surface area contributed by atoms with Crippen LogP contribution in [0.4, 0.5) is 0 Å². The molecule has 2 fully saturated rings. The molecule has 0 N–H and O–H groups in total. The van der Waals surface area contributed by atoms with Crippen LogP contribution in [0.2, 0.25) is 5.02 Å². The van der Waals surface area contributed by atoms with E-state index in [1.54, 1.807) is 18.3 Å². The summed E-state index contributed by atoms with van der Waals surface area (Å²) < 4.78 is 0. The van der Waals surface area contributed by atoms with Gasteiger partial charge < -0.3 is 4.90 Å². The first kappa shape index (κ1) is 11.0. The zero-order valence-corrected chi connectivity index (χ0v) is 10.4. The highest BCUT2D eigenvalue weighted by Gasteiger charge is 2.38. The highest BCUT2D eigenvalue weighted by atomic mass is 35.5. The van der Waals surface area contributed by atoms with Gasteiger partial charge in [0.25, 0.3) is 5.91 Å². The summed E-state index contributed by atoms with van der Waals surface area (Å²) in [6.45, 7) is 1.80. The van der Waals surface area contributed by atoms with Crippen molar-refractivity contribution >= 4 is 17.5 Å². The Kier molecular flexibility index (Phi) is 2.79. The van der Waals surface area contributed by atoms with Gasteiger partial charge in [0.2, 0.25) is 0 Å². The zero-order valence-electron chi connectivity index (χ0n) is 9.60. The molecule has 1 saturated heterocycles. The topological polar surface area (TPSA) is 33.2 Å². The monoisotopic (exact) mass is 250 g/mol. The fourth-order valence-electron chi connectivity index (χ4n) is 3.08. The molecule has 3 nitrogen and oxygen atoms in total. The van der Waals surface area contributed by atoms with Gasteiger partial charge in [0, 0.05) is 24.3 Å². The fraction of sp³-hybridized carbons (Fsp3) is 0.538. The predicted molar refractivity (Wildman–Crippen MR) is 66.0 cm³/mol. The molecule has 90 valence electrons. The van der Waals surface area contributed by atoms with Crippen LogP contribution in [-0.4, -0.2) is 28.9 Å². The van der Waals surface area contributed by atoms with E-state index in [1.165, 1.54) is 19.3 Å². The number of carbonyl (C=O) groups excluding carboxylic acids is 1. The van der Waals surface area contributed by atoms with Crippen LogP contribution in [0.25, 0.3) is 0 Å². The lowest BCUT2D eigenvalue weighted by atomic mass is 10.0. The molecule has 3 rings (SSSR count). The number of hydrogen-bond acceptors (Lipinski definition) is 2. The van der Waals surface area contributed by atoms with E-state index in [-0.39, 0.29) is 5.91 Å². The molecule has 0 radical (unpaired) electrons. The van der Waals surface area contributed by atoms with Crippen molar-refractivity contribution < 1.29 is 4.79 Å². The molecule has 4 heteroatoms. The summed E-state index contributed by atoms with van der Waals surface area (Å²) >= 11 is 5.88. The van der Waals surface area contributed by atoms with Crippen LogP contribution in [-0.2, 0) is 0 Å². The van der Waals surface area contributed by atoms with Crippen LogP contribution in [0, 0.1) is 11.8 Å². The second kappa shape index (κ2) is 4.30. The van der Waals surface area contributed by atoms with Gasteiger partial charge in [-0.3, -0.25) is 9.78 Å². The molecule has 17 heavy (non-hydrogen) atoms. The minimum absolute atomic E-state index is 0.0295. The lowest BCUT2D eigenvalue weighted by Crippen LogP contribution is -2.30. The highest BCUT2D eigenvalue weighted by molar-refractivity contribution is 6.30. The number of pyridine rings is 1. The van der Waals surface area contributed by atoms with Gasteiger partial charge in [0.05, 0.1) is 0 Å². The molecule has 1 aliphatic heterocycles. The molecule has 2 atom stereocenters. The Morgan fingerprint density at radius 1 is 1.35 bits per heavy atom. The molecular formula is C13H15ClN2O. The molecule has 2 unspecified atom stereocenters. The van der Waals surface area contributed by atoms with Gasteiger partial charge in [-0.15, -0.1) is 0 Å². The van der Waals surface area contributed by atoms with Crippen LogP contribution < -0.4 is 0 Å². The number of halogens is 1. The molecule has 0 aromatic carbocycles. The van der Waals surface area contributed by atoms with E-state index in [4.69, 9.17) is 11.6 Å². The van der Waals surface area contributed by atoms with Crippen molar-refractivity contribution in [1.29, 1.82) is 0 Å². The summed E-state index contributed by atoms with van der Waals surface area (Å²) in [6, 6.07) is 3.34. The lowest BCUT2D eigenvalue weighted by Gasteiger charge is -2.16. The van der Waals surface area contributed by atoms with Gasteiger partial charge in [0.1, 0.15) is 5.69 Å². The fourth-order valence-corrected chi connectivity index (χ4v) is 3.24. The standard InChI is InChI=1S/C13H15ClN2O/c14-11-4-5-15-12(6-11)13(17)16-7-9-2-1-3-10(9)8-16/h4-6,9-10H,1-3,7-8H2. The van der Waals surface area contributed by atoms with Crippen LogP contribution >= 0.6 is 11.6 Å². The summed E-state index contributed by atoms with van der Waals surface area (Å²) in [7, 11) is 0. The van der Waals surface area contributed by atoms with Crippen LogP contribution in [0.1, 0.15) is 29.8 Å². The van der Waals surface area contributed by atoms with Gasteiger partial charge in [-0.05, 0) is 36.8 Å². The van der Waals surface area contributed by atoms with E-state index in [9.17, 15) is 4.79 Å². The Morgan fingerprint density at radius 3 is 2.71 bits per heavy atom. The third-order valence-corrected chi connectivity index (χ3v) is 4.19. The van der Waals surface area contributed by atoms with E-state index < -0.39 is 0 Å². The summed E-state index contributed by atoms with van der Waals surface area (Å²) in [5.41, 5.74) is 0.470. The number of aromatic nitrogens is 1. The number of carbonyl (C=O) groups is 1. The average molecular weight is 251 g/mol. The Bertz CT molecular complexity index is 437. The highest BCUT2D eigenvalue weighted by Crippen LogP contribution is 2.38. The minimum Gasteiger partial charge on any atom is -0.337 e. The van der Waals surface area contributed by atoms with E-state index in [0.29, 0.717) is 10.7 Å². The maximum absolute atomic E-state index is 12.2. The van der Waals surface area contributed by atoms with Crippen LogP contribution in [0.5, 0.6) is 0 Å². The second-order valence-corrected chi connectivity index (χ2v) is 5.46. The molecular weight excluding hydrogens is 236 g/mol. The first-order valence-corrected chi connectivity index (χ1v) is 6.52. The van der Waals surface area contributed by atoms with Crippen molar-refractivity contribution in [2.75, 3.05) is 13.1 Å². The second-order valence-electron chi connectivity index (χ2n) is 5.02. The molecule has 1 saturated carbocycles. The maximum Gasteiger partial charge on any atom is 0.272 e. The Morgan fingerprint density at radius 2 is 2.06 bits per heavy atom. The van der Waals surface area contributed by atoms with Crippen LogP contribution in [0.3, 0.4) is 0 Å². The maximum atomic E-state index is 12.2. The summed E-state index contributed by atoms with van der Waals surface area (Å²) in [5.74, 6) is 1.47. The van der Waals surface area contributed by atoms with E-state index in [0.717, 1.165) is 24.9 Å². The van der Waals surface area contributed by atoms with Crippen molar-refractivity contribution in [3.8, 4) is 0 Å². The smallest absolute Gasteiger partial charge is 0.272 e.